The van der Waals surface area contributed by atoms with E-state index < -0.39 is 5.43 Å². The van der Waals surface area contributed by atoms with E-state index in [1.165, 1.54) is 0 Å². The minimum atomic E-state index is -0.727. The fraction of sp³-hybridized carbons (Fsp3) is 0.667. The van der Waals surface area contributed by atoms with Gasteiger partial charge >= 0.3 is 5.43 Å². The monoisotopic (exact) mass is 188 g/mol. The van der Waals surface area contributed by atoms with E-state index in [1.54, 1.807) is 0 Å². The maximum Gasteiger partial charge on any atom is 0.403 e. The lowest BCUT2D eigenvalue weighted by atomic mass is 10.2. The molecule has 0 bridgehead atoms. The molecule has 0 aliphatic carbocycles. The van der Waals surface area contributed by atoms with Crippen LogP contribution in [0.1, 0.15) is 32.6 Å². The summed E-state index contributed by atoms with van der Waals surface area (Å²) in [4.78, 5) is 10.1. The van der Waals surface area contributed by atoms with Crippen LogP contribution < -0.4 is 0 Å². The first kappa shape index (κ1) is 11.3. The molecule has 12 heavy (non-hydrogen) atoms. The molecule has 0 unspecified atom stereocenters. The van der Waals surface area contributed by atoms with E-state index in [9.17, 15) is 4.79 Å². The van der Waals surface area contributed by atoms with Gasteiger partial charge in [-0.1, -0.05) is 6.92 Å². The second kappa shape index (κ2) is 8.42. The van der Waals surface area contributed by atoms with E-state index in [0.717, 1.165) is 25.7 Å². The van der Waals surface area contributed by atoms with Crippen molar-refractivity contribution in [1.82, 2.24) is 0 Å². The van der Waals surface area contributed by atoms with Crippen LogP contribution in [0.4, 0.5) is 4.79 Å². The van der Waals surface area contributed by atoms with Crippen LogP contribution in [0.3, 0.4) is 0 Å². The quantitative estimate of drug-likeness (QED) is 0.385. The van der Waals surface area contributed by atoms with Crippen molar-refractivity contribution >= 4 is 17.0 Å². The van der Waals surface area contributed by atoms with Crippen molar-refractivity contribution in [3.8, 4) is 11.8 Å². The molecule has 0 heterocycles. The highest BCUT2D eigenvalue weighted by Crippen LogP contribution is 1.96. The summed E-state index contributed by atoms with van der Waals surface area (Å²) < 4.78 is 4.53. The maximum atomic E-state index is 10.1. The van der Waals surface area contributed by atoms with E-state index in [4.69, 9.17) is 11.6 Å². The third kappa shape index (κ3) is 9.32. The van der Waals surface area contributed by atoms with Gasteiger partial charge < -0.3 is 4.74 Å². The van der Waals surface area contributed by atoms with E-state index in [2.05, 4.69) is 16.6 Å². The van der Waals surface area contributed by atoms with E-state index in [-0.39, 0.29) is 0 Å². The normalized spacial score (nSPS) is 8.50. The molecule has 0 aliphatic rings. The molecule has 0 saturated carbocycles. The van der Waals surface area contributed by atoms with Crippen molar-refractivity contribution in [3.05, 3.63) is 0 Å². The molecule has 0 rings (SSSR count). The molecular weight excluding hydrogens is 176 g/mol. The lowest BCUT2D eigenvalue weighted by Gasteiger charge is -1.96. The fourth-order valence-corrected chi connectivity index (χ4v) is 0.758. The van der Waals surface area contributed by atoms with Crippen molar-refractivity contribution in [2.75, 3.05) is 6.61 Å². The Kier molecular flexibility index (Phi) is 7.94. The van der Waals surface area contributed by atoms with E-state index in [0.29, 0.717) is 6.61 Å². The largest absolute Gasteiger partial charge is 0.454 e. The topological polar surface area (TPSA) is 26.3 Å². The molecule has 0 saturated heterocycles. The molecule has 0 aliphatic heterocycles. The van der Waals surface area contributed by atoms with Crippen LogP contribution in [0.15, 0.2) is 0 Å². The van der Waals surface area contributed by atoms with Gasteiger partial charge in [0.1, 0.15) is 0 Å². The minimum Gasteiger partial charge on any atom is -0.454 e. The zero-order valence-electron chi connectivity index (χ0n) is 7.23. The second-order valence-corrected chi connectivity index (χ2v) is 2.56. The lowest BCUT2D eigenvalue weighted by Crippen LogP contribution is -1.95. The van der Waals surface area contributed by atoms with E-state index in [1.807, 2.05) is 6.92 Å². The zero-order valence-corrected chi connectivity index (χ0v) is 7.99. The number of hydrogen-bond acceptors (Lipinski definition) is 2. The molecule has 0 N–H and O–H groups in total. The molecule has 0 amide bonds. The molecule has 0 aromatic rings. The molecule has 0 radical (unpaired) electrons. The van der Waals surface area contributed by atoms with Crippen molar-refractivity contribution in [2.45, 2.75) is 32.6 Å². The van der Waals surface area contributed by atoms with Gasteiger partial charge in [-0.25, -0.2) is 4.79 Å². The summed E-state index contributed by atoms with van der Waals surface area (Å²) in [6.45, 7) is 2.42. The third-order valence-corrected chi connectivity index (χ3v) is 1.32. The molecule has 0 aromatic heterocycles. The van der Waals surface area contributed by atoms with Crippen LogP contribution in [0.2, 0.25) is 0 Å². The Bertz CT molecular complexity index is 179. The average Bonchev–Trinajstić information content (AvgIpc) is 2.02. The SMILES string of the molecule is CCC#CCCCCOC(=O)Cl. The van der Waals surface area contributed by atoms with Crippen molar-refractivity contribution in [2.24, 2.45) is 0 Å². The standard InChI is InChI=1S/C9H13ClO2/c1-2-3-4-5-6-7-8-12-9(10)11/h2,5-8H2,1H3. The molecule has 0 aromatic carbocycles. The summed E-state index contributed by atoms with van der Waals surface area (Å²) in [7, 11) is 0. The summed E-state index contributed by atoms with van der Waals surface area (Å²) in [5.74, 6) is 5.96. The Labute approximate surface area is 78.2 Å². The second-order valence-electron chi connectivity index (χ2n) is 2.25. The molecule has 0 spiro atoms. The molecular formula is C9H13ClO2. The number of hydrogen-bond donors (Lipinski definition) is 0. The number of unbranched alkanes of at least 4 members (excludes halogenated alkanes) is 2. The highest BCUT2D eigenvalue weighted by atomic mass is 35.5. The van der Waals surface area contributed by atoms with Gasteiger partial charge in [0.05, 0.1) is 6.61 Å². The average molecular weight is 189 g/mol. The summed E-state index contributed by atoms with van der Waals surface area (Å²) in [6, 6.07) is 0. The Morgan fingerprint density at radius 2 is 2.17 bits per heavy atom. The Balaban J connectivity index is 3.06. The Morgan fingerprint density at radius 3 is 2.75 bits per heavy atom. The van der Waals surface area contributed by atoms with Gasteiger partial charge in [-0.3, -0.25) is 0 Å². The predicted molar refractivity (Wildman–Crippen MR) is 49.1 cm³/mol. The van der Waals surface area contributed by atoms with Gasteiger partial charge in [-0.2, -0.15) is 0 Å². The van der Waals surface area contributed by atoms with Crippen LogP contribution in [0, 0.1) is 11.8 Å². The van der Waals surface area contributed by atoms with Crippen molar-refractivity contribution in [3.63, 3.8) is 0 Å². The smallest absolute Gasteiger partial charge is 0.403 e. The summed E-state index contributed by atoms with van der Waals surface area (Å²) in [5, 5.41) is 0. The number of carbonyl (C=O) groups is 1. The molecule has 2 nitrogen and oxygen atoms in total. The fourth-order valence-electron chi connectivity index (χ4n) is 0.681. The van der Waals surface area contributed by atoms with Crippen molar-refractivity contribution < 1.29 is 9.53 Å². The van der Waals surface area contributed by atoms with E-state index >= 15 is 0 Å². The Hall–Kier alpha value is -0.680. The Morgan fingerprint density at radius 1 is 1.42 bits per heavy atom. The summed E-state index contributed by atoms with van der Waals surface area (Å²) in [6.07, 6.45) is 3.55. The third-order valence-electron chi connectivity index (χ3n) is 1.21. The number of carbonyl (C=O) groups excluding carboxylic acids is 1. The highest BCUT2D eigenvalue weighted by molar-refractivity contribution is 6.61. The maximum absolute atomic E-state index is 10.1. The first-order valence-corrected chi connectivity index (χ1v) is 4.43. The molecule has 0 fully saturated rings. The van der Waals surface area contributed by atoms with Gasteiger partial charge in [-0.05, 0) is 12.8 Å². The first-order chi connectivity index (χ1) is 5.77. The highest BCUT2D eigenvalue weighted by Gasteiger charge is 1.93. The van der Waals surface area contributed by atoms with Crippen LogP contribution in [0.25, 0.3) is 0 Å². The van der Waals surface area contributed by atoms with Gasteiger partial charge in [0.2, 0.25) is 0 Å². The molecule has 68 valence electrons. The van der Waals surface area contributed by atoms with Crippen LogP contribution in [-0.2, 0) is 4.74 Å². The number of rotatable bonds is 4. The summed E-state index contributed by atoms with van der Waals surface area (Å²) in [5.41, 5.74) is -0.727. The number of halogens is 1. The number of ether oxygens (including phenoxy) is 1. The van der Waals surface area contributed by atoms with Gasteiger partial charge in [0, 0.05) is 24.4 Å². The van der Waals surface area contributed by atoms with Gasteiger partial charge in [0.25, 0.3) is 0 Å². The molecule has 0 atom stereocenters. The lowest BCUT2D eigenvalue weighted by molar-refractivity contribution is 0.171. The first-order valence-electron chi connectivity index (χ1n) is 4.05. The predicted octanol–water partition coefficient (Wildman–Crippen LogP) is 2.95. The van der Waals surface area contributed by atoms with Crippen LogP contribution >= 0.6 is 11.6 Å². The summed E-state index contributed by atoms with van der Waals surface area (Å²) >= 11 is 4.95. The van der Waals surface area contributed by atoms with Gasteiger partial charge in [-0.15, -0.1) is 11.8 Å². The zero-order chi connectivity index (χ0) is 9.23. The van der Waals surface area contributed by atoms with Crippen molar-refractivity contribution in [1.29, 1.82) is 0 Å². The minimum absolute atomic E-state index is 0.399. The molecule has 3 heteroatoms. The van der Waals surface area contributed by atoms with Crippen LogP contribution in [-0.4, -0.2) is 12.0 Å². The van der Waals surface area contributed by atoms with Gasteiger partial charge in [0.15, 0.2) is 0 Å². The van der Waals surface area contributed by atoms with Crippen LogP contribution in [0.5, 0.6) is 0 Å².